The number of hydrazone groups is 1. The average molecular weight is 443 g/mol. The van der Waals surface area contributed by atoms with Gasteiger partial charge in [-0.15, -0.1) is 0 Å². The molecule has 0 aliphatic carbocycles. The maximum Gasteiger partial charge on any atom is 0.271 e. The third kappa shape index (κ3) is 5.75. The van der Waals surface area contributed by atoms with Gasteiger partial charge in [-0.1, -0.05) is 59.1 Å². The van der Waals surface area contributed by atoms with E-state index in [9.17, 15) is 4.79 Å². The SMILES string of the molecule is COc1cc(/C=N\NC(=O)c2cccc(Cl)c2)cc(Cl)c1OCc1ccc(C)cc1. The molecular weight excluding hydrogens is 423 g/mol. The molecular formula is C23H20Cl2N2O3. The standard InChI is InChI=1S/C23H20Cl2N2O3/c1-15-6-8-16(9-7-15)14-30-22-20(25)10-17(11-21(22)29-2)13-26-27-23(28)18-4-3-5-19(24)12-18/h3-13H,14H2,1-2H3,(H,27,28)/b26-13-. The van der Waals surface area contributed by atoms with Crippen molar-refractivity contribution in [1.29, 1.82) is 0 Å². The second-order valence-electron chi connectivity index (χ2n) is 6.52. The highest BCUT2D eigenvalue weighted by atomic mass is 35.5. The van der Waals surface area contributed by atoms with E-state index in [2.05, 4.69) is 10.5 Å². The van der Waals surface area contributed by atoms with Gasteiger partial charge in [0.1, 0.15) is 6.61 Å². The number of methoxy groups -OCH3 is 1. The van der Waals surface area contributed by atoms with E-state index >= 15 is 0 Å². The molecule has 30 heavy (non-hydrogen) atoms. The van der Waals surface area contributed by atoms with Crippen LogP contribution in [0.4, 0.5) is 0 Å². The first kappa shape index (κ1) is 21.7. The smallest absolute Gasteiger partial charge is 0.271 e. The number of carbonyl (C=O) groups excluding carboxylic acids is 1. The summed E-state index contributed by atoms with van der Waals surface area (Å²) < 4.78 is 11.3. The van der Waals surface area contributed by atoms with Crippen molar-refractivity contribution in [2.24, 2.45) is 5.10 Å². The van der Waals surface area contributed by atoms with Crippen molar-refractivity contribution in [2.45, 2.75) is 13.5 Å². The molecule has 3 aromatic carbocycles. The lowest BCUT2D eigenvalue weighted by atomic mass is 10.1. The van der Waals surface area contributed by atoms with E-state index < -0.39 is 0 Å². The number of rotatable bonds is 7. The van der Waals surface area contributed by atoms with Crippen LogP contribution in [0, 0.1) is 6.92 Å². The van der Waals surface area contributed by atoms with Crippen molar-refractivity contribution < 1.29 is 14.3 Å². The molecule has 0 bridgehead atoms. The molecule has 0 saturated heterocycles. The van der Waals surface area contributed by atoms with Crippen LogP contribution in [0.2, 0.25) is 10.0 Å². The summed E-state index contributed by atoms with van der Waals surface area (Å²) in [7, 11) is 1.53. The first-order valence-electron chi connectivity index (χ1n) is 9.11. The molecule has 0 radical (unpaired) electrons. The van der Waals surface area contributed by atoms with Gasteiger partial charge in [0.25, 0.3) is 5.91 Å². The first-order valence-corrected chi connectivity index (χ1v) is 9.86. The summed E-state index contributed by atoms with van der Waals surface area (Å²) in [6, 6.07) is 18.1. The molecule has 3 aromatic rings. The molecule has 3 rings (SSSR count). The predicted molar refractivity (Wildman–Crippen MR) is 120 cm³/mol. The Morgan fingerprint density at radius 1 is 1.10 bits per heavy atom. The number of hydrogen-bond acceptors (Lipinski definition) is 4. The van der Waals surface area contributed by atoms with Crippen LogP contribution < -0.4 is 14.9 Å². The first-order chi connectivity index (χ1) is 14.5. The molecule has 1 amide bonds. The number of hydrogen-bond donors (Lipinski definition) is 1. The lowest BCUT2D eigenvalue weighted by Crippen LogP contribution is -2.17. The van der Waals surface area contributed by atoms with Gasteiger partial charge in [0, 0.05) is 10.6 Å². The number of carbonyl (C=O) groups is 1. The second kappa shape index (κ2) is 10.1. The second-order valence-corrected chi connectivity index (χ2v) is 7.36. The summed E-state index contributed by atoms with van der Waals surface area (Å²) in [5.74, 6) is 0.543. The highest BCUT2D eigenvalue weighted by Crippen LogP contribution is 2.36. The summed E-state index contributed by atoms with van der Waals surface area (Å²) in [4.78, 5) is 12.1. The van der Waals surface area contributed by atoms with Crippen LogP contribution >= 0.6 is 23.2 Å². The minimum atomic E-state index is -0.370. The van der Waals surface area contributed by atoms with Gasteiger partial charge in [-0.2, -0.15) is 5.10 Å². The van der Waals surface area contributed by atoms with Gasteiger partial charge in [-0.25, -0.2) is 5.43 Å². The highest BCUT2D eigenvalue weighted by molar-refractivity contribution is 6.32. The van der Waals surface area contributed by atoms with Crippen LogP contribution in [-0.2, 0) is 6.61 Å². The van der Waals surface area contributed by atoms with Crippen molar-refractivity contribution in [3.05, 3.63) is 93.0 Å². The van der Waals surface area contributed by atoms with Gasteiger partial charge in [0.15, 0.2) is 11.5 Å². The zero-order valence-electron chi connectivity index (χ0n) is 16.5. The molecule has 154 valence electrons. The summed E-state index contributed by atoms with van der Waals surface area (Å²) in [6.45, 7) is 2.39. The van der Waals surface area contributed by atoms with Gasteiger partial charge in [-0.05, 0) is 48.4 Å². The van der Waals surface area contributed by atoms with Crippen molar-refractivity contribution in [3.63, 3.8) is 0 Å². The fraction of sp³-hybridized carbons (Fsp3) is 0.130. The highest BCUT2D eigenvalue weighted by Gasteiger charge is 2.12. The van der Waals surface area contributed by atoms with Crippen LogP contribution in [0.5, 0.6) is 11.5 Å². The van der Waals surface area contributed by atoms with Gasteiger partial charge in [0.05, 0.1) is 18.3 Å². The average Bonchev–Trinajstić information content (AvgIpc) is 2.73. The van der Waals surface area contributed by atoms with E-state index in [1.165, 1.54) is 18.9 Å². The number of nitrogens with one attached hydrogen (secondary N) is 1. The number of aryl methyl sites for hydroxylation is 1. The van der Waals surface area contributed by atoms with Gasteiger partial charge < -0.3 is 9.47 Å². The molecule has 0 unspecified atom stereocenters. The van der Waals surface area contributed by atoms with Crippen molar-refractivity contribution >= 4 is 35.3 Å². The zero-order valence-corrected chi connectivity index (χ0v) is 18.0. The maximum atomic E-state index is 12.1. The van der Waals surface area contributed by atoms with Crippen LogP contribution in [-0.4, -0.2) is 19.2 Å². The van der Waals surface area contributed by atoms with Crippen molar-refractivity contribution in [1.82, 2.24) is 5.43 Å². The summed E-state index contributed by atoms with van der Waals surface area (Å²) >= 11 is 12.3. The third-order valence-corrected chi connectivity index (χ3v) is 4.74. The fourth-order valence-electron chi connectivity index (χ4n) is 2.65. The monoisotopic (exact) mass is 442 g/mol. The molecule has 0 saturated carbocycles. The van der Waals surface area contributed by atoms with Crippen molar-refractivity contribution in [2.75, 3.05) is 7.11 Å². The van der Waals surface area contributed by atoms with Crippen LogP contribution in [0.25, 0.3) is 0 Å². The molecule has 0 spiro atoms. The number of nitrogens with zero attached hydrogens (tertiary/aromatic N) is 1. The number of halogens is 2. The Morgan fingerprint density at radius 2 is 1.87 bits per heavy atom. The summed E-state index contributed by atoms with van der Waals surface area (Å²) in [6.07, 6.45) is 1.47. The lowest BCUT2D eigenvalue weighted by Gasteiger charge is -2.13. The number of amides is 1. The molecule has 7 heteroatoms. The molecule has 0 atom stereocenters. The zero-order chi connectivity index (χ0) is 21.5. The molecule has 0 heterocycles. The van der Waals surface area contributed by atoms with E-state index in [0.29, 0.717) is 39.3 Å². The molecule has 0 aliphatic rings. The van der Waals surface area contributed by atoms with E-state index in [1.54, 1.807) is 36.4 Å². The van der Waals surface area contributed by atoms with Crippen LogP contribution in [0.1, 0.15) is 27.0 Å². The molecule has 0 fully saturated rings. The molecule has 1 N–H and O–H groups in total. The van der Waals surface area contributed by atoms with Crippen LogP contribution in [0.3, 0.4) is 0 Å². The lowest BCUT2D eigenvalue weighted by molar-refractivity contribution is 0.0955. The van der Waals surface area contributed by atoms with Gasteiger partial charge in [-0.3, -0.25) is 4.79 Å². The Labute approximate surface area is 185 Å². The Morgan fingerprint density at radius 3 is 2.57 bits per heavy atom. The van der Waals surface area contributed by atoms with Crippen molar-refractivity contribution in [3.8, 4) is 11.5 Å². The minimum Gasteiger partial charge on any atom is -0.493 e. The Bertz CT molecular complexity index is 1070. The van der Waals surface area contributed by atoms with Gasteiger partial charge in [0.2, 0.25) is 0 Å². The predicted octanol–water partition coefficient (Wildman–Crippen LogP) is 5.65. The molecule has 0 aromatic heterocycles. The normalized spacial score (nSPS) is 10.8. The Balaban J connectivity index is 1.69. The van der Waals surface area contributed by atoms with Gasteiger partial charge >= 0.3 is 0 Å². The minimum absolute atomic E-state index is 0.361. The molecule has 0 aliphatic heterocycles. The fourth-order valence-corrected chi connectivity index (χ4v) is 3.12. The van der Waals surface area contributed by atoms with E-state index in [4.69, 9.17) is 32.7 Å². The largest absolute Gasteiger partial charge is 0.493 e. The molecule has 5 nitrogen and oxygen atoms in total. The Kier molecular flexibility index (Phi) is 7.33. The quantitative estimate of drug-likeness (QED) is 0.379. The summed E-state index contributed by atoms with van der Waals surface area (Å²) in [5, 5.41) is 4.83. The van der Waals surface area contributed by atoms with E-state index in [0.717, 1.165) is 5.56 Å². The Hall–Kier alpha value is -3.02. The van der Waals surface area contributed by atoms with E-state index in [1.807, 2.05) is 31.2 Å². The third-order valence-electron chi connectivity index (χ3n) is 4.22. The number of ether oxygens (including phenoxy) is 2. The van der Waals surface area contributed by atoms with Crippen LogP contribution in [0.15, 0.2) is 65.8 Å². The maximum absolute atomic E-state index is 12.1. The number of benzene rings is 3. The summed E-state index contributed by atoms with van der Waals surface area (Å²) in [5.41, 5.74) is 5.71. The van der Waals surface area contributed by atoms with E-state index in [-0.39, 0.29) is 5.91 Å². The topological polar surface area (TPSA) is 59.9 Å².